The summed E-state index contributed by atoms with van der Waals surface area (Å²) in [6, 6.07) is 22.6. The summed E-state index contributed by atoms with van der Waals surface area (Å²) in [6.07, 6.45) is 1.87. The van der Waals surface area contributed by atoms with Crippen molar-refractivity contribution in [3.05, 3.63) is 99.5 Å². The first kappa shape index (κ1) is 29.9. The van der Waals surface area contributed by atoms with Gasteiger partial charge in [-0.2, -0.15) is 0 Å². The van der Waals surface area contributed by atoms with Gasteiger partial charge in [-0.25, -0.2) is 4.98 Å². The number of nitrogens with zero attached hydrogens (tertiary/aromatic N) is 3. The molecule has 3 heterocycles. The summed E-state index contributed by atoms with van der Waals surface area (Å²) in [5, 5.41) is 5.97. The number of thiazole rings is 1. The summed E-state index contributed by atoms with van der Waals surface area (Å²) in [7, 11) is 3.31. The fraction of sp³-hybridized carbons (Fsp3) is 0.353. The monoisotopic (exact) mass is 614 g/mol. The van der Waals surface area contributed by atoms with Crippen LogP contribution in [0.5, 0.6) is 23.0 Å². The highest BCUT2D eigenvalue weighted by Crippen LogP contribution is 2.34. The molecule has 0 spiro atoms. The van der Waals surface area contributed by atoms with Gasteiger partial charge in [0.1, 0.15) is 22.2 Å². The summed E-state index contributed by atoms with van der Waals surface area (Å²) in [4.78, 5) is 22.7. The van der Waals surface area contributed by atoms with Gasteiger partial charge < -0.3 is 24.3 Å². The molecule has 1 amide bonds. The Labute approximate surface area is 262 Å². The van der Waals surface area contributed by atoms with Gasteiger partial charge in [0.15, 0.2) is 11.5 Å². The van der Waals surface area contributed by atoms with Gasteiger partial charge in [-0.15, -0.1) is 11.3 Å². The number of nitrogens with one attached hydrogen (secondary N) is 1. The molecule has 1 aromatic heterocycles. The zero-order chi connectivity index (χ0) is 30.3. The van der Waals surface area contributed by atoms with Crippen LogP contribution in [0.4, 0.5) is 0 Å². The third-order valence-corrected chi connectivity index (χ3v) is 8.88. The van der Waals surface area contributed by atoms with Crippen molar-refractivity contribution in [3.63, 3.8) is 0 Å². The van der Waals surface area contributed by atoms with Gasteiger partial charge in [0.25, 0.3) is 5.91 Å². The van der Waals surface area contributed by atoms with Crippen molar-refractivity contribution in [2.45, 2.75) is 45.1 Å². The maximum absolute atomic E-state index is 13.2. The standard InChI is InChI=1S/C34H38N4O5S/c1-40-28-10-9-26(31(17-28)41-2)20-38(19-25-8-11-30-32(16-25)43-23-42-30)21-33-36-29(22-44-33)34(39)35-27-12-14-37(15-13-27)18-24-6-4-3-5-7-24/h3-11,16-17,22,27H,12-15,18-21,23H2,1-2H3,(H,35,39). The van der Waals surface area contributed by atoms with Crippen molar-refractivity contribution in [3.8, 4) is 23.0 Å². The third-order valence-electron chi connectivity index (χ3n) is 8.05. The molecule has 10 heteroatoms. The van der Waals surface area contributed by atoms with Crippen molar-refractivity contribution >= 4 is 17.2 Å². The second-order valence-corrected chi connectivity index (χ2v) is 12.1. The molecule has 1 saturated heterocycles. The number of amides is 1. The van der Waals surface area contributed by atoms with Gasteiger partial charge in [0, 0.05) is 55.8 Å². The summed E-state index contributed by atoms with van der Waals surface area (Å²) >= 11 is 1.51. The van der Waals surface area contributed by atoms with Crippen molar-refractivity contribution in [2.24, 2.45) is 0 Å². The van der Waals surface area contributed by atoms with Gasteiger partial charge in [-0.1, -0.05) is 42.5 Å². The Kier molecular flexibility index (Phi) is 9.60. The number of piperidine rings is 1. The van der Waals surface area contributed by atoms with Crippen molar-refractivity contribution < 1.29 is 23.7 Å². The number of carbonyl (C=O) groups excluding carboxylic acids is 1. The van der Waals surface area contributed by atoms with Crippen LogP contribution in [-0.2, 0) is 26.2 Å². The van der Waals surface area contributed by atoms with Gasteiger partial charge in [0.2, 0.25) is 6.79 Å². The van der Waals surface area contributed by atoms with E-state index in [1.807, 2.05) is 41.8 Å². The lowest BCUT2D eigenvalue weighted by atomic mass is 10.0. The Morgan fingerprint density at radius 2 is 1.77 bits per heavy atom. The van der Waals surface area contributed by atoms with Crippen LogP contribution in [-0.4, -0.2) is 60.8 Å². The zero-order valence-electron chi connectivity index (χ0n) is 25.2. The van der Waals surface area contributed by atoms with Crippen molar-refractivity contribution in [2.75, 3.05) is 34.1 Å². The van der Waals surface area contributed by atoms with E-state index in [2.05, 4.69) is 45.4 Å². The number of aromatic nitrogens is 1. The molecule has 0 radical (unpaired) electrons. The molecule has 2 aliphatic rings. The average molecular weight is 615 g/mol. The highest BCUT2D eigenvalue weighted by Gasteiger charge is 2.23. The molecule has 3 aromatic carbocycles. The highest BCUT2D eigenvalue weighted by molar-refractivity contribution is 7.09. The Morgan fingerprint density at radius 1 is 0.955 bits per heavy atom. The minimum atomic E-state index is -0.104. The minimum absolute atomic E-state index is 0.104. The van der Waals surface area contributed by atoms with Crippen LogP contribution in [0.15, 0.2) is 72.1 Å². The molecule has 0 saturated carbocycles. The first-order chi connectivity index (χ1) is 21.6. The molecular weight excluding hydrogens is 576 g/mol. The van der Waals surface area contributed by atoms with E-state index in [1.165, 1.54) is 16.9 Å². The molecule has 4 aromatic rings. The fourth-order valence-electron chi connectivity index (χ4n) is 5.70. The Morgan fingerprint density at radius 3 is 2.57 bits per heavy atom. The molecule has 0 atom stereocenters. The Hall–Kier alpha value is -4.12. The molecule has 9 nitrogen and oxygen atoms in total. The number of ether oxygens (including phenoxy) is 4. The average Bonchev–Trinajstić information content (AvgIpc) is 3.72. The minimum Gasteiger partial charge on any atom is -0.497 e. The molecule has 0 aliphatic carbocycles. The van der Waals surface area contributed by atoms with Crippen LogP contribution in [0.2, 0.25) is 0 Å². The normalized spacial score (nSPS) is 15.0. The van der Waals surface area contributed by atoms with E-state index in [9.17, 15) is 4.79 Å². The number of rotatable bonds is 12. The fourth-order valence-corrected chi connectivity index (χ4v) is 6.52. The van der Waals surface area contributed by atoms with Crippen LogP contribution in [0.25, 0.3) is 0 Å². The predicted molar refractivity (Wildman–Crippen MR) is 169 cm³/mol. The molecule has 1 N–H and O–H groups in total. The van der Waals surface area contributed by atoms with Gasteiger partial charge >= 0.3 is 0 Å². The summed E-state index contributed by atoms with van der Waals surface area (Å²) in [5.41, 5.74) is 3.92. The van der Waals surface area contributed by atoms with E-state index in [1.54, 1.807) is 14.2 Å². The molecule has 230 valence electrons. The van der Waals surface area contributed by atoms with E-state index in [-0.39, 0.29) is 18.7 Å². The summed E-state index contributed by atoms with van der Waals surface area (Å²) in [5.74, 6) is 2.91. The van der Waals surface area contributed by atoms with Crippen LogP contribution in [0, 0.1) is 0 Å². The molecular formula is C34H38N4O5S. The largest absolute Gasteiger partial charge is 0.497 e. The first-order valence-corrected chi connectivity index (χ1v) is 15.8. The predicted octanol–water partition coefficient (Wildman–Crippen LogP) is 5.49. The Bertz CT molecular complexity index is 1550. The van der Waals surface area contributed by atoms with Crippen LogP contribution >= 0.6 is 11.3 Å². The molecule has 6 rings (SSSR count). The number of methoxy groups -OCH3 is 2. The molecule has 0 bridgehead atoms. The van der Waals surface area contributed by atoms with Gasteiger partial charge in [0.05, 0.1) is 20.8 Å². The maximum atomic E-state index is 13.2. The third kappa shape index (κ3) is 7.50. The van der Waals surface area contributed by atoms with E-state index >= 15 is 0 Å². The summed E-state index contributed by atoms with van der Waals surface area (Å²) < 4.78 is 22.2. The number of fused-ring (bicyclic) bond motifs is 1. The van der Waals surface area contributed by atoms with E-state index in [4.69, 9.17) is 23.9 Å². The maximum Gasteiger partial charge on any atom is 0.270 e. The highest BCUT2D eigenvalue weighted by atomic mass is 32.1. The van der Waals surface area contributed by atoms with Crippen LogP contribution in [0.3, 0.4) is 0 Å². The zero-order valence-corrected chi connectivity index (χ0v) is 26.0. The van der Waals surface area contributed by atoms with Crippen molar-refractivity contribution in [1.29, 1.82) is 0 Å². The SMILES string of the molecule is COc1ccc(CN(Cc2ccc3c(c2)OCO3)Cc2nc(C(=O)NC3CCN(Cc4ccccc4)CC3)cs2)c(OC)c1. The van der Waals surface area contributed by atoms with Gasteiger partial charge in [-0.05, 0) is 42.2 Å². The van der Waals surface area contributed by atoms with Crippen LogP contribution < -0.4 is 24.3 Å². The number of likely N-dealkylation sites (tertiary alicyclic amines) is 1. The second-order valence-electron chi connectivity index (χ2n) is 11.1. The van der Waals surface area contributed by atoms with Crippen LogP contribution in [0.1, 0.15) is 45.0 Å². The molecule has 0 unspecified atom stereocenters. The lowest BCUT2D eigenvalue weighted by Crippen LogP contribution is -2.44. The van der Waals surface area contributed by atoms with E-state index < -0.39 is 0 Å². The lowest BCUT2D eigenvalue weighted by molar-refractivity contribution is 0.0904. The van der Waals surface area contributed by atoms with E-state index in [0.717, 1.165) is 71.6 Å². The number of hydrogen-bond donors (Lipinski definition) is 1. The molecule has 1 fully saturated rings. The molecule has 44 heavy (non-hydrogen) atoms. The lowest BCUT2D eigenvalue weighted by Gasteiger charge is -2.32. The number of hydrogen-bond acceptors (Lipinski definition) is 9. The molecule has 2 aliphatic heterocycles. The first-order valence-electron chi connectivity index (χ1n) is 14.9. The van der Waals surface area contributed by atoms with E-state index in [0.29, 0.717) is 25.3 Å². The smallest absolute Gasteiger partial charge is 0.270 e. The number of carbonyl (C=O) groups is 1. The second kappa shape index (κ2) is 14.1. The quantitative estimate of drug-likeness (QED) is 0.225. The van der Waals surface area contributed by atoms with Crippen molar-refractivity contribution in [1.82, 2.24) is 20.1 Å². The van der Waals surface area contributed by atoms with Gasteiger partial charge in [-0.3, -0.25) is 14.6 Å². The Balaban J connectivity index is 1.10. The summed E-state index contributed by atoms with van der Waals surface area (Å²) in [6.45, 7) is 4.94. The topological polar surface area (TPSA) is 85.4 Å². The number of benzene rings is 3.